The van der Waals surface area contributed by atoms with Crippen molar-refractivity contribution in [1.82, 2.24) is 15.0 Å². The van der Waals surface area contributed by atoms with Crippen molar-refractivity contribution in [3.05, 3.63) is 42.9 Å². The molecule has 166 valence electrons. The fourth-order valence-electron chi connectivity index (χ4n) is 3.43. The first-order valence-corrected chi connectivity index (χ1v) is 10.4. The summed E-state index contributed by atoms with van der Waals surface area (Å²) in [7, 11) is 3.20. The molecule has 3 heterocycles. The van der Waals surface area contributed by atoms with Crippen LogP contribution in [0.25, 0.3) is 32.9 Å². The molecule has 0 unspecified atom stereocenters. The van der Waals surface area contributed by atoms with Crippen LogP contribution in [0.2, 0.25) is 0 Å². The summed E-state index contributed by atoms with van der Waals surface area (Å²) in [6, 6.07) is 7.55. The Morgan fingerprint density at radius 3 is 2.38 bits per heavy atom. The van der Waals surface area contributed by atoms with E-state index in [1.807, 2.05) is 24.3 Å². The Morgan fingerprint density at radius 2 is 1.66 bits per heavy atom. The van der Waals surface area contributed by atoms with Crippen molar-refractivity contribution in [3.8, 4) is 28.5 Å². The molecule has 0 saturated heterocycles. The van der Waals surface area contributed by atoms with Gasteiger partial charge in [0.1, 0.15) is 18.2 Å². The molecule has 8 heteroatoms. The molecule has 0 spiro atoms. The third-order valence-corrected chi connectivity index (χ3v) is 5.52. The highest BCUT2D eigenvalue weighted by Gasteiger charge is 2.14. The number of pyridine rings is 3. The normalized spacial score (nSPS) is 12.3. The Bertz CT molecular complexity index is 1280. The van der Waals surface area contributed by atoms with Gasteiger partial charge in [0.25, 0.3) is 0 Å². The molecular weight excluding hydrogens is 406 g/mol. The molecule has 0 amide bonds. The summed E-state index contributed by atoms with van der Waals surface area (Å²) in [6.07, 6.45) is 5.12. The predicted octanol–water partition coefficient (Wildman–Crippen LogP) is 3.81. The average molecular weight is 434 g/mol. The second-order valence-electron chi connectivity index (χ2n) is 7.96. The average Bonchev–Trinajstić information content (AvgIpc) is 2.81. The number of aromatic nitrogens is 3. The van der Waals surface area contributed by atoms with Gasteiger partial charge in [0, 0.05) is 40.8 Å². The van der Waals surface area contributed by atoms with E-state index in [-0.39, 0.29) is 6.04 Å². The monoisotopic (exact) mass is 433 g/mol. The number of hydrogen-bond donors (Lipinski definition) is 2. The number of nitrogen functional groups attached to an aromatic ring is 1. The van der Waals surface area contributed by atoms with Crippen LogP contribution in [0, 0.1) is 5.92 Å². The van der Waals surface area contributed by atoms with E-state index in [0.29, 0.717) is 41.3 Å². The summed E-state index contributed by atoms with van der Waals surface area (Å²) in [5.41, 5.74) is 14.6. The van der Waals surface area contributed by atoms with Gasteiger partial charge < -0.3 is 25.7 Å². The number of nitrogens with zero attached hydrogens (tertiary/aromatic N) is 3. The molecule has 4 N–H and O–H groups in total. The highest BCUT2D eigenvalue weighted by molar-refractivity contribution is 6.10. The molecule has 0 aliphatic rings. The second kappa shape index (κ2) is 8.84. The fourth-order valence-corrected chi connectivity index (χ4v) is 3.43. The summed E-state index contributed by atoms with van der Waals surface area (Å²) in [5.74, 6) is 2.57. The van der Waals surface area contributed by atoms with Gasteiger partial charge in [-0.25, -0.2) is 4.98 Å². The summed E-state index contributed by atoms with van der Waals surface area (Å²) in [4.78, 5) is 13.4. The number of hydrogen-bond acceptors (Lipinski definition) is 8. The first kappa shape index (κ1) is 21.6. The zero-order chi connectivity index (χ0) is 22.8. The van der Waals surface area contributed by atoms with Crippen molar-refractivity contribution >= 4 is 27.5 Å². The Hall–Kier alpha value is -3.65. The first-order valence-electron chi connectivity index (χ1n) is 10.4. The molecule has 0 bridgehead atoms. The smallest absolute Gasteiger partial charge is 0.162 e. The fraction of sp³-hybridized carbons (Fsp3) is 0.292. The molecule has 0 fully saturated rings. The Labute approximate surface area is 186 Å². The molecule has 3 aromatic heterocycles. The molecule has 0 aliphatic heterocycles. The van der Waals surface area contributed by atoms with Crippen molar-refractivity contribution < 1.29 is 14.2 Å². The highest BCUT2D eigenvalue weighted by atomic mass is 16.5. The topological polar surface area (TPSA) is 118 Å². The van der Waals surface area contributed by atoms with Crippen molar-refractivity contribution in [2.45, 2.75) is 19.9 Å². The first-order chi connectivity index (χ1) is 15.4. The number of nitrogens with two attached hydrogens (primary N) is 2. The van der Waals surface area contributed by atoms with E-state index in [2.05, 4.69) is 28.8 Å². The maximum atomic E-state index is 6.31. The van der Waals surface area contributed by atoms with E-state index in [9.17, 15) is 0 Å². The molecule has 0 aliphatic carbocycles. The second-order valence-corrected chi connectivity index (χ2v) is 7.96. The molecular formula is C24H27N5O3. The molecule has 8 nitrogen and oxygen atoms in total. The van der Waals surface area contributed by atoms with Crippen molar-refractivity contribution in [2.75, 3.05) is 26.6 Å². The van der Waals surface area contributed by atoms with E-state index in [4.69, 9.17) is 25.7 Å². The number of rotatable bonds is 7. The van der Waals surface area contributed by atoms with Crippen LogP contribution in [-0.2, 0) is 0 Å². The minimum atomic E-state index is -0.0565. The zero-order valence-electron chi connectivity index (χ0n) is 18.6. The number of ether oxygens (including phenoxy) is 3. The van der Waals surface area contributed by atoms with Crippen molar-refractivity contribution in [3.63, 3.8) is 0 Å². The van der Waals surface area contributed by atoms with Gasteiger partial charge in [-0.1, -0.05) is 13.8 Å². The van der Waals surface area contributed by atoms with Crippen LogP contribution in [0.5, 0.6) is 17.2 Å². The van der Waals surface area contributed by atoms with Gasteiger partial charge in [-0.15, -0.1) is 0 Å². The maximum Gasteiger partial charge on any atom is 0.162 e. The van der Waals surface area contributed by atoms with E-state index >= 15 is 0 Å². The van der Waals surface area contributed by atoms with Crippen LogP contribution in [-0.4, -0.2) is 41.8 Å². The largest absolute Gasteiger partial charge is 0.493 e. The number of anilines is 1. The van der Waals surface area contributed by atoms with Gasteiger partial charge in [-0.2, -0.15) is 0 Å². The minimum absolute atomic E-state index is 0.0565. The molecule has 32 heavy (non-hydrogen) atoms. The third kappa shape index (κ3) is 4.09. The third-order valence-electron chi connectivity index (χ3n) is 5.52. The summed E-state index contributed by atoms with van der Waals surface area (Å²) < 4.78 is 16.7. The van der Waals surface area contributed by atoms with E-state index in [1.165, 1.54) is 0 Å². The van der Waals surface area contributed by atoms with Crippen molar-refractivity contribution in [2.24, 2.45) is 11.7 Å². The van der Waals surface area contributed by atoms with Gasteiger partial charge in [-0.05, 0) is 29.5 Å². The Kier molecular flexibility index (Phi) is 5.96. The summed E-state index contributed by atoms with van der Waals surface area (Å²) in [6.45, 7) is 4.54. The van der Waals surface area contributed by atoms with Gasteiger partial charge >= 0.3 is 0 Å². The standard InChI is InChI=1S/C24H27N5O3/c1-13(2)19(25)12-32-15-5-14(9-27-10-15)20-6-16-17-7-22(30-3)23(31-4)8-21(17)28-11-18(16)24(26)29-20/h5-11,13,19H,12,25H2,1-4H3,(H2,26,29)/t19-/m1/s1. The lowest BCUT2D eigenvalue weighted by atomic mass is 10.0. The summed E-state index contributed by atoms with van der Waals surface area (Å²) >= 11 is 0. The van der Waals surface area contributed by atoms with Gasteiger partial charge in [0.05, 0.1) is 31.6 Å². The van der Waals surface area contributed by atoms with Crippen LogP contribution in [0.4, 0.5) is 5.82 Å². The van der Waals surface area contributed by atoms with Crippen molar-refractivity contribution in [1.29, 1.82) is 0 Å². The summed E-state index contributed by atoms with van der Waals surface area (Å²) in [5, 5.41) is 2.56. The number of methoxy groups -OCH3 is 2. The van der Waals surface area contributed by atoms with Crippen LogP contribution in [0.3, 0.4) is 0 Å². The lowest BCUT2D eigenvalue weighted by molar-refractivity contribution is 0.259. The Balaban J connectivity index is 1.80. The van der Waals surface area contributed by atoms with Gasteiger partial charge in [0.15, 0.2) is 11.5 Å². The molecule has 4 rings (SSSR count). The molecule has 4 aromatic rings. The minimum Gasteiger partial charge on any atom is -0.493 e. The number of fused-ring (bicyclic) bond motifs is 3. The maximum absolute atomic E-state index is 6.31. The van der Waals surface area contributed by atoms with E-state index in [1.54, 1.807) is 32.8 Å². The highest BCUT2D eigenvalue weighted by Crippen LogP contribution is 2.37. The quantitative estimate of drug-likeness (QED) is 0.422. The SMILES string of the molecule is COc1cc2ncc3c(N)nc(-c4cncc(OC[C@@H](N)C(C)C)c4)cc3c2cc1OC. The van der Waals surface area contributed by atoms with Crippen LogP contribution >= 0.6 is 0 Å². The van der Waals surface area contributed by atoms with E-state index < -0.39 is 0 Å². The lowest BCUT2D eigenvalue weighted by Crippen LogP contribution is -2.33. The van der Waals surface area contributed by atoms with Crippen LogP contribution in [0.15, 0.2) is 42.9 Å². The van der Waals surface area contributed by atoms with Gasteiger partial charge in [0.2, 0.25) is 0 Å². The molecule has 0 saturated carbocycles. The van der Waals surface area contributed by atoms with E-state index in [0.717, 1.165) is 27.2 Å². The van der Waals surface area contributed by atoms with Crippen LogP contribution < -0.4 is 25.7 Å². The lowest BCUT2D eigenvalue weighted by Gasteiger charge is -2.16. The molecule has 0 radical (unpaired) electrons. The predicted molar refractivity (Wildman–Crippen MR) is 126 cm³/mol. The Morgan fingerprint density at radius 1 is 0.906 bits per heavy atom. The number of benzene rings is 1. The molecule has 1 aromatic carbocycles. The zero-order valence-corrected chi connectivity index (χ0v) is 18.6. The van der Waals surface area contributed by atoms with Gasteiger partial charge in [-0.3, -0.25) is 9.97 Å². The molecule has 1 atom stereocenters. The van der Waals surface area contributed by atoms with Crippen LogP contribution in [0.1, 0.15) is 13.8 Å².